The van der Waals surface area contributed by atoms with Crippen LogP contribution in [0.4, 0.5) is 0 Å². The average Bonchev–Trinajstić information content (AvgIpc) is 2.60. The molecule has 1 saturated heterocycles. The van der Waals surface area contributed by atoms with Crippen molar-refractivity contribution in [2.45, 2.75) is 46.0 Å². The van der Waals surface area contributed by atoms with Crippen LogP contribution in [0.25, 0.3) is 0 Å². The Balaban J connectivity index is 1.89. The molecule has 0 spiro atoms. The van der Waals surface area contributed by atoms with Gasteiger partial charge in [-0.2, -0.15) is 0 Å². The molecule has 1 N–H and O–H groups in total. The van der Waals surface area contributed by atoms with Gasteiger partial charge in [-0.3, -0.25) is 9.59 Å². The fourth-order valence-electron chi connectivity index (χ4n) is 3.06. The zero-order chi connectivity index (χ0) is 16.7. The highest BCUT2D eigenvalue weighted by atomic mass is 16.2. The highest BCUT2D eigenvalue weighted by Gasteiger charge is 2.24. The molecule has 2 amide bonds. The molecule has 1 aliphatic heterocycles. The summed E-state index contributed by atoms with van der Waals surface area (Å²) in [6.07, 6.45) is 4.52. The smallest absolute Gasteiger partial charge is 0.253 e. The largest absolute Gasteiger partial charge is 0.356 e. The Kier molecular flexibility index (Phi) is 6.63. The molecular weight excluding hydrogens is 288 g/mol. The first-order valence-corrected chi connectivity index (χ1v) is 8.79. The molecular formula is C19H28N2O2. The van der Waals surface area contributed by atoms with E-state index in [0.29, 0.717) is 18.9 Å². The molecule has 0 saturated carbocycles. The Labute approximate surface area is 139 Å². The Morgan fingerprint density at radius 3 is 2.61 bits per heavy atom. The number of hydrogen-bond donors (Lipinski definition) is 1. The van der Waals surface area contributed by atoms with Crippen molar-refractivity contribution >= 4 is 11.8 Å². The summed E-state index contributed by atoms with van der Waals surface area (Å²) in [5.74, 6) is 0.590. The molecule has 1 aromatic carbocycles. The maximum absolute atomic E-state index is 12.6. The van der Waals surface area contributed by atoms with Crippen LogP contribution in [-0.2, 0) is 11.2 Å². The van der Waals surface area contributed by atoms with Crippen LogP contribution in [0.1, 0.15) is 55.5 Å². The summed E-state index contributed by atoms with van der Waals surface area (Å²) >= 11 is 0. The highest BCUT2D eigenvalue weighted by molar-refractivity contribution is 5.94. The molecule has 0 aliphatic carbocycles. The first-order chi connectivity index (χ1) is 11.1. The summed E-state index contributed by atoms with van der Waals surface area (Å²) in [6, 6.07) is 7.90. The van der Waals surface area contributed by atoms with Crippen molar-refractivity contribution in [2.24, 2.45) is 5.92 Å². The molecule has 1 fully saturated rings. The van der Waals surface area contributed by atoms with E-state index in [1.54, 1.807) is 0 Å². The maximum atomic E-state index is 12.6. The normalized spacial score (nSPS) is 17.8. The number of rotatable bonds is 6. The first-order valence-electron chi connectivity index (χ1n) is 8.79. The number of amides is 2. The monoisotopic (exact) mass is 316 g/mol. The third kappa shape index (κ3) is 5.08. The van der Waals surface area contributed by atoms with Crippen molar-refractivity contribution in [2.75, 3.05) is 19.6 Å². The molecule has 4 heteroatoms. The van der Waals surface area contributed by atoms with Crippen molar-refractivity contribution in [3.05, 3.63) is 35.4 Å². The van der Waals surface area contributed by atoms with E-state index in [0.717, 1.165) is 44.3 Å². The number of likely N-dealkylation sites (tertiary alicyclic amines) is 1. The zero-order valence-electron chi connectivity index (χ0n) is 14.3. The van der Waals surface area contributed by atoms with Crippen LogP contribution in [0.5, 0.6) is 0 Å². The van der Waals surface area contributed by atoms with Gasteiger partial charge >= 0.3 is 0 Å². The second-order valence-electron chi connectivity index (χ2n) is 6.36. The Bertz CT molecular complexity index is 525. The lowest BCUT2D eigenvalue weighted by molar-refractivity contribution is -0.121. The van der Waals surface area contributed by atoms with Crippen LogP contribution in [0.15, 0.2) is 24.3 Å². The van der Waals surface area contributed by atoms with Gasteiger partial charge in [0.25, 0.3) is 5.91 Å². The third-order valence-electron chi connectivity index (χ3n) is 4.48. The predicted molar refractivity (Wildman–Crippen MR) is 92.4 cm³/mol. The van der Waals surface area contributed by atoms with E-state index in [1.165, 1.54) is 5.56 Å². The van der Waals surface area contributed by atoms with Gasteiger partial charge in [0.05, 0.1) is 0 Å². The van der Waals surface area contributed by atoms with Crippen LogP contribution in [0, 0.1) is 5.92 Å². The lowest BCUT2D eigenvalue weighted by Gasteiger charge is -2.33. The summed E-state index contributed by atoms with van der Waals surface area (Å²) in [4.78, 5) is 26.1. The van der Waals surface area contributed by atoms with Gasteiger partial charge in [-0.1, -0.05) is 26.0 Å². The number of aryl methyl sites for hydroxylation is 1. The Morgan fingerprint density at radius 1 is 1.22 bits per heavy atom. The fraction of sp³-hybridized carbons (Fsp3) is 0.579. The van der Waals surface area contributed by atoms with E-state index < -0.39 is 0 Å². The van der Waals surface area contributed by atoms with Crippen molar-refractivity contribution in [1.29, 1.82) is 0 Å². The minimum absolute atomic E-state index is 0.109. The third-order valence-corrected chi connectivity index (χ3v) is 4.48. The van der Waals surface area contributed by atoms with Gasteiger partial charge in [0.2, 0.25) is 5.91 Å². The molecule has 1 aliphatic rings. The van der Waals surface area contributed by atoms with E-state index in [9.17, 15) is 9.59 Å². The lowest BCUT2D eigenvalue weighted by Crippen LogP contribution is -2.43. The zero-order valence-corrected chi connectivity index (χ0v) is 14.3. The van der Waals surface area contributed by atoms with Crippen LogP contribution in [0.3, 0.4) is 0 Å². The summed E-state index contributed by atoms with van der Waals surface area (Å²) in [5, 5.41) is 2.99. The average molecular weight is 316 g/mol. The number of carbonyl (C=O) groups excluding carboxylic acids is 2. The van der Waals surface area contributed by atoms with E-state index in [4.69, 9.17) is 0 Å². The fourth-order valence-corrected chi connectivity index (χ4v) is 3.06. The quantitative estimate of drug-likeness (QED) is 0.877. The minimum atomic E-state index is 0.109. The van der Waals surface area contributed by atoms with E-state index in [2.05, 4.69) is 12.2 Å². The van der Waals surface area contributed by atoms with Crippen LogP contribution in [-0.4, -0.2) is 36.3 Å². The van der Waals surface area contributed by atoms with E-state index in [1.807, 2.05) is 36.1 Å². The van der Waals surface area contributed by atoms with Crippen LogP contribution < -0.4 is 5.32 Å². The van der Waals surface area contributed by atoms with E-state index >= 15 is 0 Å². The lowest BCUT2D eigenvalue weighted by atomic mass is 9.97. The summed E-state index contributed by atoms with van der Waals surface area (Å²) in [5.41, 5.74) is 2.01. The van der Waals surface area contributed by atoms with Crippen molar-refractivity contribution in [3.63, 3.8) is 0 Å². The Hall–Kier alpha value is -1.84. The molecule has 0 aromatic heterocycles. The van der Waals surface area contributed by atoms with Gasteiger partial charge in [-0.05, 0) is 49.3 Å². The number of nitrogens with zero attached hydrogens (tertiary/aromatic N) is 1. The van der Waals surface area contributed by atoms with Gasteiger partial charge in [0.1, 0.15) is 0 Å². The molecule has 0 bridgehead atoms. The summed E-state index contributed by atoms with van der Waals surface area (Å²) in [7, 11) is 0. The molecule has 1 atom stereocenters. The number of piperidine rings is 1. The molecule has 1 heterocycles. The number of nitrogens with one attached hydrogen (secondary N) is 1. The number of carbonyl (C=O) groups is 2. The molecule has 0 radical (unpaired) electrons. The van der Waals surface area contributed by atoms with Crippen molar-refractivity contribution < 1.29 is 9.59 Å². The van der Waals surface area contributed by atoms with Gasteiger partial charge < -0.3 is 10.2 Å². The van der Waals surface area contributed by atoms with E-state index in [-0.39, 0.29) is 11.8 Å². The van der Waals surface area contributed by atoms with Gasteiger partial charge in [0.15, 0.2) is 0 Å². The Morgan fingerprint density at radius 2 is 1.96 bits per heavy atom. The molecule has 4 nitrogen and oxygen atoms in total. The second kappa shape index (κ2) is 8.70. The SMILES string of the molecule is CCCC(=O)NC[C@@H]1CCCN(C(=O)c2ccc(CC)cc2)C1. The van der Waals surface area contributed by atoms with Crippen molar-refractivity contribution in [1.82, 2.24) is 10.2 Å². The van der Waals surface area contributed by atoms with Gasteiger partial charge in [-0.25, -0.2) is 0 Å². The molecule has 2 rings (SSSR count). The first kappa shape index (κ1) is 17.5. The summed E-state index contributed by atoms with van der Waals surface area (Å²) < 4.78 is 0. The second-order valence-corrected chi connectivity index (χ2v) is 6.36. The molecule has 23 heavy (non-hydrogen) atoms. The topological polar surface area (TPSA) is 49.4 Å². The molecule has 1 aromatic rings. The van der Waals surface area contributed by atoms with Crippen LogP contribution in [0.2, 0.25) is 0 Å². The van der Waals surface area contributed by atoms with Crippen molar-refractivity contribution in [3.8, 4) is 0 Å². The maximum Gasteiger partial charge on any atom is 0.253 e. The number of hydrogen-bond acceptors (Lipinski definition) is 2. The minimum Gasteiger partial charge on any atom is -0.356 e. The molecule has 0 unspecified atom stereocenters. The molecule has 126 valence electrons. The highest BCUT2D eigenvalue weighted by Crippen LogP contribution is 2.18. The van der Waals surface area contributed by atoms with Gasteiger partial charge in [-0.15, -0.1) is 0 Å². The summed E-state index contributed by atoms with van der Waals surface area (Å²) in [6.45, 7) is 6.34. The standard InChI is InChI=1S/C19H28N2O2/c1-3-6-18(22)20-13-16-7-5-12-21(14-16)19(23)17-10-8-15(4-2)9-11-17/h8-11,16H,3-7,12-14H2,1-2H3,(H,20,22)/t16-/m0/s1. The van der Waals surface area contributed by atoms with Crippen LogP contribution >= 0.6 is 0 Å². The predicted octanol–water partition coefficient (Wildman–Crippen LogP) is 3.02. The van der Waals surface area contributed by atoms with Gasteiger partial charge in [0, 0.05) is 31.6 Å². The number of benzene rings is 1.